The van der Waals surface area contributed by atoms with E-state index in [2.05, 4.69) is 9.88 Å². The Balaban J connectivity index is 2.26. The summed E-state index contributed by atoms with van der Waals surface area (Å²) in [5.74, 6) is 0.302. The zero-order chi connectivity index (χ0) is 14.9. The smallest absolute Gasteiger partial charge is 0.355 e. The second-order valence-electron chi connectivity index (χ2n) is 5.24. The van der Waals surface area contributed by atoms with Crippen molar-refractivity contribution >= 4 is 17.4 Å². The third-order valence-corrected chi connectivity index (χ3v) is 3.75. The number of halogens is 4. The van der Waals surface area contributed by atoms with E-state index in [1.54, 1.807) is 0 Å². The van der Waals surface area contributed by atoms with E-state index in [0.717, 1.165) is 25.0 Å². The van der Waals surface area contributed by atoms with E-state index in [9.17, 15) is 13.2 Å². The number of anilines is 1. The molecule has 1 aromatic heterocycles. The number of aromatic nitrogens is 1. The Morgan fingerprint density at radius 2 is 2.05 bits per heavy atom. The second-order valence-corrected chi connectivity index (χ2v) is 5.63. The fourth-order valence-corrected chi connectivity index (χ4v) is 2.60. The first-order valence-electron chi connectivity index (χ1n) is 6.43. The average molecular weight is 308 g/mol. The zero-order valence-corrected chi connectivity index (χ0v) is 12.2. The molecular weight excluding hydrogens is 291 g/mol. The van der Waals surface area contributed by atoms with Crippen molar-refractivity contribution in [2.45, 2.75) is 25.1 Å². The maximum Gasteiger partial charge on any atom is 0.416 e. The van der Waals surface area contributed by atoms with Gasteiger partial charge in [-0.3, -0.25) is 0 Å². The number of rotatable bonds is 2. The van der Waals surface area contributed by atoms with Crippen molar-refractivity contribution in [2.75, 3.05) is 32.1 Å². The minimum atomic E-state index is -4.40. The summed E-state index contributed by atoms with van der Waals surface area (Å²) in [7, 11) is 3.95. The largest absolute Gasteiger partial charge is 0.416 e. The van der Waals surface area contributed by atoms with Crippen molar-refractivity contribution in [1.29, 1.82) is 0 Å². The monoisotopic (exact) mass is 307 g/mol. The summed E-state index contributed by atoms with van der Waals surface area (Å²) in [6, 6.07) is 2.25. The van der Waals surface area contributed by atoms with Gasteiger partial charge in [0.05, 0.1) is 5.56 Å². The van der Waals surface area contributed by atoms with Crippen molar-refractivity contribution in [3.8, 4) is 0 Å². The molecule has 0 saturated carbocycles. The van der Waals surface area contributed by atoms with E-state index in [1.807, 2.05) is 19.0 Å². The lowest BCUT2D eigenvalue weighted by atomic mass is 10.0. The van der Waals surface area contributed by atoms with Crippen molar-refractivity contribution < 1.29 is 13.2 Å². The molecule has 0 aromatic carbocycles. The molecule has 0 bridgehead atoms. The number of pyridine rings is 1. The molecule has 7 heteroatoms. The Labute approximate surface area is 121 Å². The average Bonchev–Trinajstić information content (AvgIpc) is 2.37. The number of hydrogen-bond donors (Lipinski definition) is 0. The van der Waals surface area contributed by atoms with Gasteiger partial charge in [0, 0.05) is 19.1 Å². The number of alkyl halides is 3. The number of piperidine rings is 1. The minimum Gasteiger partial charge on any atom is -0.355 e. The van der Waals surface area contributed by atoms with Gasteiger partial charge >= 0.3 is 6.18 Å². The molecule has 0 N–H and O–H groups in total. The van der Waals surface area contributed by atoms with Crippen LogP contribution in [0.1, 0.15) is 18.4 Å². The van der Waals surface area contributed by atoms with Gasteiger partial charge in [-0.15, -0.1) is 0 Å². The Morgan fingerprint density at radius 3 is 2.65 bits per heavy atom. The normalized spacial score (nSPS) is 20.6. The maximum atomic E-state index is 12.8. The molecule has 112 valence electrons. The summed E-state index contributed by atoms with van der Waals surface area (Å²) in [5, 5.41) is -0.123. The van der Waals surface area contributed by atoms with E-state index in [4.69, 9.17) is 11.6 Å². The lowest BCUT2D eigenvalue weighted by molar-refractivity contribution is -0.137. The Hall–Kier alpha value is -1.01. The van der Waals surface area contributed by atoms with E-state index in [1.165, 1.54) is 0 Å². The van der Waals surface area contributed by atoms with Crippen LogP contribution in [0.25, 0.3) is 0 Å². The SMILES string of the molecule is CN(C)C1CCCN(c2cc(C(F)(F)F)cc(Cl)n2)C1. The summed E-state index contributed by atoms with van der Waals surface area (Å²) >= 11 is 5.73. The molecule has 1 aliphatic heterocycles. The van der Waals surface area contributed by atoms with Crippen LogP contribution in [-0.2, 0) is 6.18 Å². The van der Waals surface area contributed by atoms with E-state index in [0.29, 0.717) is 24.9 Å². The van der Waals surface area contributed by atoms with Crippen LogP contribution in [0, 0.1) is 0 Å². The van der Waals surface area contributed by atoms with Gasteiger partial charge < -0.3 is 9.80 Å². The van der Waals surface area contributed by atoms with Crippen molar-refractivity contribution in [2.24, 2.45) is 0 Å². The van der Waals surface area contributed by atoms with Crippen LogP contribution >= 0.6 is 11.6 Å². The fraction of sp³-hybridized carbons (Fsp3) is 0.615. The molecule has 3 nitrogen and oxygen atoms in total. The van der Waals surface area contributed by atoms with Crippen LogP contribution < -0.4 is 4.90 Å². The van der Waals surface area contributed by atoms with E-state index in [-0.39, 0.29) is 5.15 Å². The van der Waals surface area contributed by atoms with Gasteiger partial charge in [0.2, 0.25) is 0 Å². The highest BCUT2D eigenvalue weighted by atomic mass is 35.5. The quantitative estimate of drug-likeness (QED) is 0.782. The minimum absolute atomic E-state index is 0.123. The third-order valence-electron chi connectivity index (χ3n) is 3.56. The molecule has 0 amide bonds. The summed E-state index contributed by atoms with van der Waals surface area (Å²) in [5.41, 5.74) is -0.750. The highest BCUT2D eigenvalue weighted by Gasteiger charge is 2.32. The lowest BCUT2D eigenvalue weighted by Crippen LogP contribution is -2.45. The van der Waals surface area contributed by atoms with Crippen LogP contribution in [0.4, 0.5) is 19.0 Å². The third kappa shape index (κ3) is 3.55. The molecule has 0 aliphatic carbocycles. The molecule has 1 fully saturated rings. The van der Waals surface area contributed by atoms with Gasteiger partial charge in [-0.25, -0.2) is 4.98 Å². The summed E-state index contributed by atoms with van der Waals surface area (Å²) in [4.78, 5) is 7.99. The van der Waals surface area contributed by atoms with Crippen LogP contribution in [0.5, 0.6) is 0 Å². The van der Waals surface area contributed by atoms with E-state index < -0.39 is 11.7 Å². The predicted molar refractivity (Wildman–Crippen MR) is 73.2 cm³/mol. The molecule has 1 saturated heterocycles. The van der Waals surface area contributed by atoms with Gasteiger partial charge in [0.15, 0.2) is 0 Å². The van der Waals surface area contributed by atoms with Crippen LogP contribution in [-0.4, -0.2) is 43.1 Å². The molecule has 1 aromatic rings. The molecule has 1 aliphatic rings. The zero-order valence-electron chi connectivity index (χ0n) is 11.4. The second kappa shape index (κ2) is 5.77. The van der Waals surface area contributed by atoms with Gasteiger partial charge in [0.25, 0.3) is 0 Å². The van der Waals surface area contributed by atoms with Crippen LogP contribution in [0.15, 0.2) is 12.1 Å². The van der Waals surface area contributed by atoms with Gasteiger partial charge in [-0.2, -0.15) is 13.2 Å². The number of likely N-dealkylation sites (N-methyl/N-ethyl adjacent to an activating group) is 1. The number of hydrogen-bond acceptors (Lipinski definition) is 3. The van der Waals surface area contributed by atoms with Crippen LogP contribution in [0.3, 0.4) is 0 Å². The van der Waals surface area contributed by atoms with Gasteiger partial charge in [-0.05, 0) is 39.1 Å². The van der Waals surface area contributed by atoms with Crippen molar-refractivity contribution in [3.05, 3.63) is 22.8 Å². The molecule has 0 radical (unpaired) electrons. The van der Waals surface area contributed by atoms with E-state index >= 15 is 0 Å². The topological polar surface area (TPSA) is 19.4 Å². The molecule has 20 heavy (non-hydrogen) atoms. The van der Waals surface area contributed by atoms with Gasteiger partial charge in [-0.1, -0.05) is 11.6 Å². The lowest BCUT2D eigenvalue weighted by Gasteiger charge is -2.37. The fourth-order valence-electron chi connectivity index (χ4n) is 2.39. The van der Waals surface area contributed by atoms with Gasteiger partial charge in [0.1, 0.15) is 11.0 Å². The Kier molecular flexibility index (Phi) is 4.44. The van der Waals surface area contributed by atoms with Crippen molar-refractivity contribution in [3.63, 3.8) is 0 Å². The first-order chi connectivity index (χ1) is 9.27. The number of nitrogens with zero attached hydrogens (tertiary/aromatic N) is 3. The summed E-state index contributed by atoms with van der Waals surface area (Å²) in [6.07, 6.45) is -2.44. The standard InChI is InChI=1S/C13H17ClF3N3/c1-19(2)10-4-3-5-20(8-10)12-7-9(13(15,16)17)6-11(14)18-12/h6-7,10H,3-5,8H2,1-2H3. The molecule has 1 atom stereocenters. The Bertz CT molecular complexity index is 476. The summed E-state index contributed by atoms with van der Waals surface area (Å²) in [6.45, 7) is 1.37. The highest BCUT2D eigenvalue weighted by Crippen LogP contribution is 2.33. The summed E-state index contributed by atoms with van der Waals surface area (Å²) < 4.78 is 38.4. The molecule has 2 heterocycles. The molecular formula is C13H17ClF3N3. The first kappa shape index (κ1) is 15.4. The maximum absolute atomic E-state index is 12.8. The molecule has 1 unspecified atom stereocenters. The molecule has 0 spiro atoms. The molecule has 2 rings (SSSR count). The Morgan fingerprint density at radius 1 is 1.35 bits per heavy atom. The first-order valence-corrected chi connectivity index (χ1v) is 6.81. The predicted octanol–water partition coefficient (Wildman–Crippen LogP) is 3.28. The van der Waals surface area contributed by atoms with Crippen LogP contribution in [0.2, 0.25) is 5.15 Å². The highest BCUT2D eigenvalue weighted by molar-refractivity contribution is 6.29. The van der Waals surface area contributed by atoms with Crippen molar-refractivity contribution in [1.82, 2.24) is 9.88 Å².